The highest BCUT2D eigenvalue weighted by Gasteiger charge is 2.10. The van der Waals surface area contributed by atoms with Gasteiger partial charge in [-0.05, 0) is 36.1 Å². The van der Waals surface area contributed by atoms with Crippen molar-refractivity contribution < 1.29 is 4.74 Å². The molecule has 0 radical (unpaired) electrons. The van der Waals surface area contributed by atoms with Gasteiger partial charge in [-0.25, -0.2) is 0 Å². The summed E-state index contributed by atoms with van der Waals surface area (Å²) in [5.74, 6) is 1.37. The molecule has 0 heterocycles. The second kappa shape index (κ2) is 7.01. The second-order valence-electron chi connectivity index (χ2n) is 5.25. The third-order valence-corrected chi connectivity index (χ3v) is 3.23. The molecular formula is C15H24ClNO. The molecule has 1 N–H and O–H groups in total. The second-order valence-corrected chi connectivity index (χ2v) is 5.66. The Labute approximate surface area is 116 Å². The van der Waals surface area contributed by atoms with Crippen molar-refractivity contribution >= 4 is 11.6 Å². The van der Waals surface area contributed by atoms with Gasteiger partial charge in [0.1, 0.15) is 12.4 Å². The number of rotatable bonds is 6. The first-order valence-electron chi connectivity index (χ1n) is 6.58. The van der Waals surface area contributed by atoms with Crippen LogP contribution in [0, 0.1) is 6.92 Å². The Morgan fingerprint density at radius 3 is 2.44 bits per heavy atom. The number of ether oxygens (including phenoxy) is 1. The van der Waals surface area contributed by atoms with Crippen molar-refractivity contribution in [3.05, 3.63) is 28.3 Å². The molecule has 1 aromatic carbocycles. The van der Waals surface area contributed by atoms with Gasteiger partial charge < -0.3 is 10.1 Å². The van der Waals surface area contributed by atoms with Crippen LogP contribution in [-0.4, -0.2) is 19.2 Å². The molecule has 2 nitrogen and oxygen atoms in total. The van der Waals surface area contributed by atoms with Gasteiger partial charge in [0, 0.05) is 17.6 Å². The maximum atomic E-state index is 6.16. The molecule has 0 aliphatic heterocycles. The monoisotopic (exact) mass is 269 g/mol. The zero-order chi connectivity index (χ0) is 13.7. The number of hydrogen-bond donors (Lipinski definition) is 1. The van der Waals surface area contributed by atoms with Gasteiger partial charge in [0.2, 0.25) is 0 Å². The Morgan fingerprint density at radius 1 is 1.22 bits per heavy atom. The first kappa shape index (κ1) is 15.3. The summed E-state index contributed by atoms with van der Waals surface area (Å²) >= 11 is 6.16. The number of nitrogens with one attached hydrogen (secondary N) is 1. The molecule has 0 spiro atoms. The van der Waals surface area contributed by atoms with E-state index >= 15 is 0 Å². The Kier molecular flexibility index (Phi) is 5.97. The first-order chi connectivity index (χ1) is 8.41. The third kappa shape index (κ3) is 4.51. The van der Waals surface area contributed by atoms with Gasteiger partial charge in [0.25, 0.3) is 0 Å². The Balaban J connectivity index is 2.71. The fourth-order valence-electron chi connectivity index (χ4n) is 1.76. The predicted molar refractivity (Wildman–Crippen MR) is 78.9 cm³/mol. The smallest absolute Gasteiger partial charge is 0.123 e. The summed E-state index contributed by atoms with van der Waals surface area (Å²) in [7, 11) is 0. The van der Waals surface area contributed by atoms with E-state index in [1.54, 1.807) is 0 Å². The van der Waals surface area contributed by atoms with E-state index in [0.29, 0.717) is 18.6 Å². The molecule has 0 saturated carbocycles. The van der Waals surface area contributed by atoms with E-state index in [0.717, 1.165) is 22.9 Å². The van der Waals surface area contributed by atoms with E-state index in [2.05, 4.69) is 33.0 Å². The highest BCUT2D eigenvalue weighted by Crippen LogP contribution is 2.31. The molecule has 0 unspecified atom stereocenters. The van der Waals surface area contributed by atoms with Crippen LogP contribution in [0.3, 0.4) is 0 Å². The molecular weight excluding hydrogens is 246 g/mol. The van der Waals surface area contributed by atoms with Crippen molar-refractivity contribution in [1.82, 2.24) is 5.32 Å². The summed E-state index contributed by atoms with van der Waals surface area (Å²) in [6.07, 6.45) is 0. The van der Waals surface area contributed by atoms with Crippen LogP contribution in [0.15, 0.2) is 12.1 Å². The van der Waals surface area contributed by atoms with E-state index in [1.807, 2.05) is 19.1 Å². The van der Waals surface area contributed by atoms with Crippen molar-refractivity contribution in [3.63, 3.8) is 0 Å². The highest BCUT2D eigenvalue weighted by molar-refractivity contribution is 6.31. The number of aryl methyl sites for hydroxylation is 1. The summed E-state index contributed by atoms with van der Waals surface area (Å²) in [5, 5.41) is 4.15. The maximum Gasteiger partial charge on any atom is 0.123 e. The van der Waals surface area contributed by atoms with Crippen molar-refractivity contribution in [2.45, 2.75) is 46.6 Å². The predicted octanol–water partition coefficient (Wildman–Crippen LogP) is 4.15. The normalized spacial score (nSPS) is 11.3. The topological polar surface area (TPSA) is 21.3 Å². The Bertz CT molecular complexity index is 388. The summed E-state index contributed by atoms with van der Waals surface area (Å²) in [6, 6.07) is 4.55. The fraction of sp³-hybridized carbons (Fsp3) is 0.600. The molecule has 1 rings (SSSR count). The summed E-state index contributed by atoms with van der Waals surface area (Å²) in [4.78, 5) is 0. The number of benzene rings is 1. The minimum atomic E-state index is 0.413. The van der Waals surface area contributed by atoms with Crippen LogP contribution in [0.4, 0.5) is 0 Å². The van der Waals surface area contributed by atoms with E-state index in [1.165, 1.54) is 5.56 Å². The van der Waals surface area contributed by atoms with E-state index in [-0.39, 0.29) is 0 Å². The summed E-state index contributed by atoms with van der Waals surface area (Å²) in [5.41, 5.74) is 2.24. The molecule has 0 aliphatic rings. The lowest BCUT2D eigenvalue weighted by molar-refractivity contribution is 0.305. The SMILES string of the molecule is Cc1cc(OCCNC(C)C)c(C(C)C)cc1Cl. The van der Waals surface area contributed by atoms with Crippen molar-refractivity contribution in [2.75, 3.05) is 13.2 Å². The van der Waals surface area contributed by atoms with Crippen LogP contribution in [-0.2, 0) is 0 Å². The maximum absolute atomic E-state index is 6.16. The Morgan fingerprint density at radius 2 is 1.89 bits per heavy atom. The third-order valence-electron chi connectivity index (χ3n) is 2.83. The van der Waals surface area contributed by atoms with E-state index < -0.39 is 0 Å². The minimum absolute atomic E-state index is 0.413. The van der Waals surface area contributed by atoms with Gasteiger partial charge in [0.05, 0.1) is 0 Å². The molecule has 0 aromatic heterocycles. The molecule has 0 bridgehead atoms. The van der Waals surface area contributed by atoms with Gasteiger partial charge in [0.15, 0.2) is 0 Å². The van der Waals surface area contributed by atoms with Gasteiger partial charge in [-0.3, -0.25) is 0 Å². The van der Waals surface area contributed by atoms with Crippen LogP contribution < -0.4 is 10.1 Å². The van der Waals surface area contributed by atoms with Crippen LogP contribution in [0.5, 0.6) is 5.75 Å². The lowest BCUT2D eigenvalue weighted by atomic mass is 10.0. The standard InChI is InChI=1S/C15H24ClNO/c1-10(2)13-9-14(16)12(5)8-15(13)18-7-6-17-11(3)4/h8-11,17H,6-7H2,1-5H3. The lowest BCUT2D eigenvalue weighted by Crippen LogP contribution is -2.27. The Hall–Kier alpha value is -0.730. The van der Waals surface area contributed by atoms with Crippen molar-refractivity contribution in [3.8, 4) is 5.75 Å². The lowest BCUT2D eigenvalue weighted by Gasteiger charge is -2.16. The average molecular weight is 270 g/mol. The molecule has 0 fully saturated rings. The van der Waals surface area contributed by atoms with Gasteiger partial charge >= 0.3 is 0 Å². The summed E-state index contributed by atoms with van der Waals surface area (Å²) < 4.78 is 5.86. The number of hydrogen-bond acceptors (Lipinski definition) is 2. The highest BCUT2D eigenvalue weighted by atomic mass is 35.5. The zero-order valence-electron chi connectivity index (χ0n) is 12.0. The minimum Gasteiger partial charge on any atom is -0.492 e. The molecule has 0 amide bonds. The molecule has 0 atom stereocenters. The van der Waals surface area contributed by atoms with Gasteiger partial charge in [-0.2, -0.15) is 0 Å². The molecule has 18 heavy (non-hydrogen) atoms. The molecule has 0 saturated heterocycles. The number of halogens is 1. The molecule has 1 aromatic rings. The van der Waals surface area contributed by atoms with Crippen LogP contribution >= 0.6 is 11.6 Å². The zero-order valence-corrected chi connectivity index (χ0v) is 12.8. The van der Waals surface area contributed by atoms with Crippen LogP contribution in [0.1, 0.15) is 44.7 Å². The fourth-order valence-corrected chi connectivity index (χ4v) is 1.93. The van der Waals surface area contributed by atoms with Crippen LogP contribution in [0.25, 0.3) is 0 Å². The molecule has 3 heteroatoms. The van der Waals surface area contributed by atoms with Crippen molar-refractivity contribution in [1.29, 1.82) is 0 Å². The molecule has 102 valence electrons. The van der Waals surface area contributed by atoms with E-state index in [4.69, 9.17) is 16.3 Å². The average Bonchev–Trinajstić information content (AvgIpc) is 2.28. The first-order valence-corrected chi connectivity index (χ1v) is 6.95. The molecule has 0 aliphatic carbocycles. The quantitative estimate of drug-likeness (QED) is 0.784. The largest absolute Gasteiger partial charge is 0.492 e. The summed E-state index contributed by atoms with van der Waals surface area (Å²) in [6.45, 7) is 12.1. The van der Waals surface area contributed by atoms with Gasteiger partial charge in [-0.1, -0.05) is 39.3 Å². The van der Waals surface area contributed by atoms with Gasteiger partial charge in [-0.15, -0.1) is 0 Å². The van der Waals surface area contributed by atoms with Crippen LogP contribution in [0.2, 0.25) is 5.02 Å². The van der Waals surface area contributed by atoms with E-state index in [9.17, 15) is 0 Å². The van der Waals surface area contributed by atoms with Crippen molar-refractivity contribution in [2.24, 2.45) is 0 Å².